The van der Waals surface area contributed by atoms with Crippen LogP contribution in [0.2, 0.25) is 0 Å². The van der Waals surface area contributed by atoms with Gasteiger partial charge in [-0.1, -0.05) is 6.07 Å². The van der Waals surface area contributed by atoms with Crippen molar-refractivity contribution in [3.05, 3.63) is 29.3 Å². The van der Waals surface area contributed by atoms with Crippen molar-refractivity contribution in [1.82, 2.24) is 10.6 Å². The van der Waals surface area contributed by atoms with Crippen molar-refractivity contribution in [2.45, 2.75) is 25.8 Å². The Kier molecular flexibility index (Phi) is 3.50. The van der Waals surface area contributed by atoms with E-state index in [1.807, 2.05) is 6.92 Å². The quantitative estimate of drug-likeness (QED) is 0.721. The van der Waals surface area contributed by atoms with Crippen molar-refractivity contribution in [2.75, 3.05) is 6.54 Å². The first-order valence-corrected chi connectivity index (χ1v) is 5.96. The maximum absolute atomic E-state index is 11.9. The second-order valence-corrected chi connectivity index (χ2v) is 4.48. The topological polar surface area (TPSA) is 78.4 Å². The molecule has 1 saturated heterocycles. The van der Waals surface area contributed by atoms with Crippen LogP contribution < -0.4 is 10.6 Å². The van der Waals surface area contributed by atoms with Crippen LogP contribution in [0.15, 0.2) is 18.2 Å². The average molecular weight is 248 g/mol. The number of hydrogen-bond donors (Lipinski definition) is 3. The minimum atomic E-state index is -0.507. The van der Waals surface area contributed by atoms with E-state index in [0.29, 0.717) is 13.0 Å². The first-order valence-electron chi connectivity index (χ1n) is 5.96. The van der Waals surface area contributed by atoms with Crippen LogP contribution in [0.5, 0.6) is 5.75 Å². The Morgan fingerprint density at radius 3 is 2.94 bits per heavy atom. The van der Waals surface area contributed by atoms with Gasteiger partial charge in [-0.05, 0) is 37.5 Å². The molecule has 5 nitrogen and oxygen atoms in total. The fraction of sp³-hybridized carbons (Fsp3) is 0.385. The summed E-state index contributed by atoms with van der Waals surface area (Å²) in [5, 5.41) is 15.0. The molecule has 0 aromatic heterocycles. The van der Waals surface area contributed by atoms with Crippen LogP contribution in [0, 0.1) is 6.92 Å². The van der Waals surface area contributed by atoms with Crippen molar-refractivity contribution in [1.29, 1.82) is 0 Å². The molecule has 0 aliphatic carbocycles. The molecule has 0 unspecified atom stereocenters. The highest BCUT2D eigenvalue weighted by molar-refractivity contribution is 5.99. The Morgan fingerprint density at radius 2 is 2.28 bits per heavy atom. The van der Waals surface area contributed by atoms with Crippen molar-refractivity contribution < 1.29 is 14.7 Å². The number of benzene rings is 1. The first kappa shape index (κ1) is 12.4. The van der Waals surface area contributed by atoms with E-state index in [0.717, 1.165) is 12.0 Å². The van der Waals surface area contributed by atoms with Gasteiger partial charge in [-0.3, -0.25) is 9.59 Å². The highest BCUT2D eigenvalue weighted by Gasteiger charge is 2.24. The Balaban J connectivity index is 2.09. The van der Waals surface area contributed by atoms with Crippen molar-refractivity contribution in [2.24, 2.45) is 0 Å². The number of rotatable bonds is 2. The summed E-state index contributed by atoms with van der Waals surface area (Å²) in [5.41, 5.74) is 1.07. The number of piperidine rings is 1. The molecule has 18 heavy (non-hydrogen) atoms. The lowest BCUT2D eigenvalue weighted by Crippen LogP contribution is -2.50. The van der Waals surface area contributed by atoms with Gasteiger partial charge in [-0.25, -0.2) is 0 Å². The molecule has 0 saturated carbocycles. The van der Waals surface area contributed by atoms with Crippen LogP contribution in [0.1, 0.15) is 28.8 Å². The van der Waals surface area contributed by atoms with Crippen molar-refractivity contribution >= 4 is 11.8 Å². The molecule has 1 aliphatic rings. The zero-order chi connectivity index (χ0) is 13.1. The summed E-state index contributed by atoms with van der Waals surface area (Å²) in [6.07, 6.45) is 1.47. The summed E-state index contributed by atoms with van der Waals surface area (Å²) in [4.78, 5) is 23.5. The van der Waals surface area contributed by atoms with Gasteiger partial charge in [0.15, 0.2) is 0 Å². The van der Waals surface area contributed by atoms with E-state index in [1.54, 1.807) is 12.1 Å². The molecule has 2 rings (SSSR count). The number of aromatic hydroxyl groups is 1. The van der Waals surface area contributed by atoms with Crippen LogP contribution in [0.4, 0.5) is 0 Å². The third-order valence-electron chi connectivity index (χ3n) is 2.99. The molecule has 1 aliphatic heterocycles. The van der Waals surface area contributed by atoms with Gasteiger partial charge in [0.2, 0.25) is 5.91 Å². The number of amides is 2. The zero-order valence-corrected chi connectivity index (χ0v) is 10.2. The number of hydrogen-bond acceptors (Lipinski definition) is 3. The molecule has 2 amide bonds. The molecule has 96 valence electrons. The Morgan fingerprint density at radius 1 is 1.50 bits per heavy atom. The van der Waals surface area contributed by atoms with Gasteiger partial charge in [0.1, 0.15) is 11.8 Å². The zero-order valence-electron chi connectivity index (χ0n) is 10.2. The van der Waals surface area contributed by atoms with E-state index in [-0.39, 0.29) is 17.2 Å². The first-order chi connectivity index (χ1) is 8.58. The SMILES string of the molecule is Cc1ccc(C(=O)N[C@H]2CCCNC2=O)c(O)c1. The molecule has 5 heteroatoms. The Labute approximate surface area is 105 Å². The number of nitrogens with one attached hydrogen (secondary N) is 2. The minimum absolute atomic E-state index is 0.0660. The van der Waals surface area contributed by atoms with Crippen LogP contribution in [0.25, 0.3) is 0 Å². The van der Waals surface area contributed by atoms with Gasteiger partial charge < -0.3 is 15.7 Å². The van der Waals surface area contributed by atoms with Crippen molar-refractivity contribution in [3.8, 4) is 5.75 Å². The van der Waals surface area contributed by atoms with Crippen LogP contribution in [-0.2, 0) is 4.79 Å². The molecule has 0 bridgehead atoms. The fourth-order valence-corrected chi connectivity index (χ4v) is 1.98. The van der Waals surface area contributed by atoms with Gasteiger partial charge in [0, 0.05) is 6.54 Å². The van der Waals surface area contributed by atoms with E-state index >= 15 is 0 Å². The standard InChI is InChI=1S/C13H16N2O3/c1-8-4-5-9(11(16)7-8)12(17)15-10-3-2-6-14-13(10)18/h4-5,7,10,16H,2-3,6H2,1H3,(H,14,18)(H,15,17)/t10-/m0/s1. The number of carbonyl (C=O) groups excluding carboxylic acids is 2. The van der Waals surface area contributed by atoms with Gasteiger partial charge in [0.25, 0.3) is 5.91 Å². The van der Waals surface area contributed by atoms with Gasteiger partial charge in [-0.2, -0.15) is 0 Å². The second kappa shape index (κ2) is 5.08. The monoisotopic (exact) mass is 248 g/mol. The normalized spacial score (nSPS) is 19.2. The molecular formula is C13H16N2O3. The van der Waals surface area contributed by atoms with Gasteiger partial charge in [-0.15, -0.1) is 0 Å². The lowest BCUT2D eigenvalue weighted by atomic mass is 10.1. The molecule has 1 fully saturated rings. The maximum Gasteiger partial charge on any atom is 0.255 e. The number of aryl methyl sites for hydroxylation is 1. The van der Waals surface area contributed by atoms with Crippen LogP contribution in [-0.4, -0.2) is 29.5 Å². The van der Waals surface area contributed by atoms with E-state index < -0.39 is 11.9 Å². The summed E-state index contributed by atoms with van der Waals surface area (Å²) < 4.78 is 0. The molecule has 1 aromatic carbocycles. The molecule has 1 atom stereocenters. The van der Waals surface area contributed by atoms with E-state index in [2.05, 4.69) is 10.6 Å². The largest absolute Gasteiger partial charge is 0.507 e. The lowest BCUT2D eigenvalue weighted by molar-refractivity contribution is -0.124. The fourth-order valence-electron chi connectivity index (χ4n) is 1.98. The van der Waals surface area contributed by atoms with Gasteiger partial charge in [0.05, 0.1) is 5.56 Å². The Hall–Kier alpha value is -2.04. The predicted molar refractivity (Wildman–Crippen MR) is 66.3 cm³/mol. The average Bonchev–Trinajstić information content (AvgIpc) is 2.32. The van der Waals surface area contributed by atoms with Crippen LogP contribution >= 0.6 is 0 Å². The summed E-state index contributed by atoms with van der Waals surface area (Å²) in [6, 6.07) is 4.32. The molecule has 1 aromatic rings. The summed E-state index contributed by atoms with van der Waals surface area (Å²) in [5.74, 6) is -0.653. The predicted octanol–water partition coefficient (Wildman–Crippen LogP) is 0.709. The molecule has 0 radical (unpaired) electrons. The number of carbonyl (C=O) groups is 2. The Bertz CT molecular complexity index is 485. The highest BCUT2D eigenvalue weighted by atomic mass is 16.3. The third kappa shape index (κ3) is 2.61. The second-order valence-electron chi connectivity index (χ2n) is 4.48. The number of phenols is 1. The number of phenolic OH excluding ortho intramolecular Hbond substituents is 1. The van der Waals surface area contributed by atoms with Crippen molar-refractivity contribution in [3.63, 3.8) is 0 Å². The molecule has 3 N–H and O–H groups in total. The molecular weight excluding hydrogens is 232 g/mol. The van der Waals surface area contributed by atoms with E-state index in [4.69, 9.17) is 0 Å². The summed E-state index contributed by atoms with van der Waals surface area (Å²) >= 11 is 0. The van der Waals surface area contributed by atoms with Gasteiger partial charge >= 0.3 is 0 Å². The smallest absolute Gasteiger partial charge is 0.255 e. The minimum Gasteiger partial charge on any atom is -0.507 e. The van der Waals surface area contributed by atoms with E-state index in [1.165, 1.54) is 6.07 Å². The van der Waals surface area contributed by atoms with E-state index in [9.17, 15) is 14.7 Å². The molecule has 0 spiro atoms. The molecule has 1 heterocycles. The highest BCUT2D eigenvalue weighted by Crippen LogP contribution is 2.18. The lowest BCUT2D eigenvalue weighted by Gasteiger charge is -2.22. The summed E-state index contributed by atoms with van der Waals surface area (Å²) in [6.45, 7) is 2.48. The third-order valence-corrected chi connectivity index (χ3v) is 2.99. The van der Waals surface area contributed by atoms with Crippen LogP contribution in [0.3, 0.4) is 0 Å². The summed E-state index contributed by atoms with van der Waals surface area (Å²) in [7, 11) is 0. The maximum atomic E-state index is 11.9.